The summed E-state index contributed by atoms with van der Waals surface area (Å²) in [7, 11) is 0. The highest BCUT2D eigenvalue weighted by molar-refractivity contribution is 8.03. The lowest BCUT2D eigenvalue weighted by Crippen LogP contribution is -1.79. The second-order valence-corrected chi connectivity index (χ2v) is 4.59. The number of thioether (sulfide) groups is 1. The van der Waals surface area contributed by atoms with Crippen LogP contribution in [0.2, 0.25) is 5.02 Å². The van der Waals surface area contributed by atoms with Gasteiger partial charge in [0, 0.05) is 15.5 Å². The van der Waals surface area contributed by atoms with Crippen LogP contribution in [0.15, 0.2) is 40.2 Å². The molecule has 0 aliphatic carbocycles. The van der Waals surface area contributed by atoms with E-state index in [2.05, 4.69) is 25.1 Å². The molecule has 1 aromatic rings. The maximum atomic E-state index is 6.07. The van der Waals surface area contributed by atoms with Crippen LogP contribution in [0.1, 0.15) is 12.5 Å². The lowest BCUT2D eigenvalue weighted by atomic mass is 10.2. The fraction of sp³-hybridized carbons (Fsp3) is 0.0909. The van der Waals surface area contributed by atoms with Gasteiger partial charge in [0.05, 0.1) is 0 Å². The average Bonchev–Trinajstić information content (AvgIpc) is 2.27. The maximum Gasteiger partial charge on any atom is 0.0489 e. The van der Waals surface area contributed by atoms with Crippen molar-refractivity contribution in [2.75, 3.05) is 0 Å². The molecule has 0 spiro atoms. The largest absolute Gasteiger partial charge is 0.0942 e. The Balaban J connectivity index is 2.56. The summed E-state index contributed by atoms with van der Waals surface area (Å²) in [5.41, 5.74) is 1.13. The molecule has 0 nitrogen and oxygen atoms in total. The fourth-order valence-corrected chi connectivity index (χ4v) is 2.48. The van der Waals surface area contributed by atoms with Crippen molar-refractivity contribution in [3.63, 3.8) is 0 Å². The highest BCUT2D eigenvalue weighted by atomic mass is 35.5. The monoisotopic (exact) mass is 208 g/mol. The topological polar surface area (TPSA) is 0 Å². The van der Waals surface area contributed by atoms with Gasteiger partial charge in [0.1, 0.15) is 0 Å². The summed E-state index contributed by atoms with van der Waals surface area (Å²) in [6, 6.07) is 6.01. The second kappa shape index (κ2) is 3.60. The molecule has 2 heteroatoms. The number of hydrogen-bond donors (Lipinski definition) is 0. The van der Waals surface area contributed by atoms with Gasteiger partial charge in [-0.25, -0.2) is 0 Å². The number of hydrogen-bond acceptors (Lipinski definition) is 1. The van der Waals surface area contributed by atoms with Gasteiger partial charge in [-0.3, -0.25) is 0 Å². The molecule has 2 rings (SSSR count). The Morgan fingerprint density at radius 3 is 3.00 bits per heavy atom. The molecule has 0 atom stereocenters. The van der Waals surface area contributed by atoms with Crippen LogP contribution in [0.25, 0.3) is 6.08 Å². The third-order valence-electron chi connectivity index (χ3n) is 1.88. The molecule has 0 saturated heterocycles. The second-order valence-electron chi connectivity index (χ2n) is 2.89. The van der Waals surface area contributed by atoms with Crippen molar-refractivity contribution in [1.82, 2.24) is 0 Å². The molecule has 1 heterocycles. The van der Waals surface area contributed by atoms with E-state index in [0.29, 0.717) is 0 Å². The van der Waals surface area contributed by atoms with Gasteiger partial charge in [0.25, 0.3) is 0 Å². The van der Waals surface area contributed by atoms with E-state index >= 15 is 0 Å². The first-order valence-electron chi connectivity index (χ1n) is 4.09. The molecular weight excluding hydrogens is 200 g/mol. The molecule has 0 saturated carbocycles. The van der Waals surface area contributed by atoms with Crippen molar-refractivity contribution >= 4 is 29.4 Å². The van der Waals surface area contributed by atoms with Crippen LogP contribution in [0.5, 0.6) is 0 Å². The van der Waals surface area contributed by atoms with Crippen molar-refractivity contribution in [3.8, 4) is 0 Å². The number of benzene rings is 1. The minimum Gasteiger partial charge on any atom is -0.0942 e. The van der Waals surface area contributed by atoms with E-state index in [1.54, 1.807) is 11.8 Å². The number of rotatable bonds is 0. The number of allylic oxidation sites excluding steroid dienone is 3. The van der Waals surface area contributed by atoms with Crippen LogP contribution < -0.4 is 0 Å². The van der Waals surface area contributed by atoms with E-state index in [1.165, 1.54) is 9.80 Å². The molecule has 1 aliphatic heterocycles. The van der Waals surface area contributed by atoms with Crippen LogP contribution in [-0.2, 0) is 0 Å². The predicted octanol–water partition coefficient (Wildman–Crippen LogP) is 4.36. The van der Waals surface area contributed by atoms with E-state index < -0.39 is 0 Å². The highest BCUT2D eigenvalue weighted by Gasteiger charge is 2.06. The van der Waals surface area contributed by atoms with Gasteiger partial charge in [0.2, 0.25) is 0 Å². The van der Waals surface area contributed by atoms with Crippen LogP contribution in [0.3, 0.4) is 0 Å². The summed E-state index contributed by atoms with van der Waals surface area (Å²) in [4.78, 5) is 2.52. The van der Waals surface area contributed by atoms with Crippen molar-refractivity contribution < 1.29 is 0 Å². The molecule has 0 unspecified atom stereocenters. The Morgan fingerprint density at radius 2 is 2.15 bits per heavy atom. The first-order chi connectivity index (χ1) is 6.27. The zero-order valence-electron chi connectivity index (χ0n) is 7.25. The zero-order valence-corrected chi connectivity index (χ0v) is 8.82. The van der Waals surface area contributed by atoms with Crippen molar-refractivity contribution in [2.24, 2.45) is 0 Å². The van der Waals surface area contributed by atoms with Crippen LogP contribution in [0.4, 0.5) is 0 Å². The minimum atomic E-state index is 0.823. The van der Waals surface area contributed by atoms with Crippen molar-refractivity contribution in [3.05, 3.63) is 45.8 Å². The average molecular weight is 209 g/mol. The van der Waals surface area contributed by atoms with Gasteiger partial charge in [-0.1, -0.05) is 47.7 Å². The van der Waals surface area contributed by atoms with E-state index in [-0.39, 0.29) is 0 Å². The van der Waals surface area contributed by atoms with E-state index in [9.17, 15) is 0 Å². The Bertz CT molecular complexity index is 391. The highest BCUT2D eigenvalue weighted by Crippen LogP contribution is 2.35. The lowest BCUT2D eigenvalue weighted by molar-refractivity contribution is 1.43. The Kier molecular flexibility index (Phi) is 2.47. The van der Waals surface area contributed by atoms with Crippen molar-refractivity contribution in [2.45, 2.75) is 11.8 Å². The first-order valence-corrected chi connectivity index (χ1v) is 5.28. The number of halogens is 1. The number of fused-ring (bicyclic) bond motifs is 1. The summed E-state index contributed by atoms with van der Waals surface area (Å²) in [5.74, 6) is 0. The Hall–Kier alpha value is -0.660. The summed E-state index contributed by atoms with van der Waals surface area (Å²) < 4.78 is 0. The third kappa shape index (κ3) is 1.82. The van der Waals surface area contributed by atoms with Gasteiger partial charge >= 0.3 is 0 Å². The van der Waals surface area contributed by atoms with E-state index in [1.807, 2.05) is 18.2 Å². The molecular formula is C11H9ClS. The van der Waals surface area contributed by atoms with Crippen molar-refractivity contribution in [1.29, 1.82) is 0 Å². The summed E-state index contributed by atoms with van der Waals surface area (Å²) in [5, 5.41) is 0.823. The molecule has 0 N–H and O–H groups in total. The molecule has 0 bridgehead atoms. The summed E-state index contributed by atoms with van der Waals surface area (Å²) >= 11 is 7.84. The Morgan fingerprint density at radius 1 is 1.31 bits per heavy atom. The normalized spacial score (nSPS) is 14.8. The zero-order chi connectivity index (χ0) is 9.26. The lowest BCUT2D eigenvalue weighted by Gasteiger charge is -2.04. The molecule has 0 aromatic heterocycles. The predicted molar refractivity (Wildman–Crippen MR) is 60.1 cm³/mol. The van der Waals surface area contributed by atoms with E-state index in [4.69, 9.17) is 11.6 Å². The first kappa shape index (κ1) is 8.92. The molecule has 66 valence electrons. The minimum absolute atomic E-state index is 0.823. The van der Waals surface area contributed by atoms with Crippen LogP contribution in [0, 0.1) is 0 Å². The third-order valence-corrected chi connectivity index (χ3v) is 3.24. The van der Waals surface area contributed by atoms with Crippen LogP contribution in [-0.4, -0.2) is 0 Å². The molecule has 1 aliphatic rings. The quantitative estimate of drug-likeness (QED) is 0.611. The van der Waals surface area contributed by atoms with Gasteiger partial charge in [-0.15, -0.1) is 0 Å². The van der Waals surface area contributed by atoms with Gasteiger partial charge in [0.15, 0.2) is 0 Å². The standard InChI is InChI=1S/C11H9ClS/c1-8-4-2-5-9-10(12)6-3-7-11(9)13-8/h2-7H,1H3. The molecule has 0 fully saturated rings. The van der Waals surface area contributed by atoms with E-state index in [0.717, 1.165) is 10.6 Å². The van der Waals surface area contributed by atoms with Gasteiger partial charge in [-0.2, -0.15) is 0 Å². The molecule has 0 amide bonds. The molecule has 1 aromatic carbocycles. The SMILES string of the molecule is CC1=CC=Cc2c(Cl)cccc2S1. The maximum absolute atomic E-state index is 6.07. The Labute approximate surface area is 87.3 Å². The molecule has 0 radical (unpaired) electrons. The summed E-state index contributed by atoms with van der Waals surface area (Å²) in [6.45, 7) is 2.10. The smallest absolute Gasteiger partial charge is 0.0489 e. The van der Waals surface area contributed by atoms with Crippen LogP contribution >= 0.6 is 23.4 Å². The van der Waals surface area contributed by atoms with Gasteiger partial charge in [-0.05, 0) is 24.0 Å². The fourth-order valence-electron chi connectivity index (χ4n) is 1.26. The van der Waals surface area contributed by atoms with Gasteiger partial charge < -0.3 is 0 Å². The molecule has 13 heavy (non-hydrogen) atoms. The summed E-state index contributed by atoms with van der Waals surface area (Å²) in [6.07, 6.45) is 6.20.